The Morgan fingerprint density at radius 2 is 1.84 bits per heavy atom. The van der Waals surface area contributed by atoms with Gasteiger partial charge in [0.2, 0.25) is 5.43 Å². The van der Waals surface area contributed by atoms with E-state index in [1.54, 1.807) is 12.2 Å². The van der Waals surface area contributed by atoms with E-state index < -0.39 is 70.4 Å². The molecule has 37 heavy (non-hydrogen) atoms. The van der Waals surface area contributed by atoms with Gasteiger partial charge in [0.15, 0.2) is 17.3 Å². The van der Waals surface area contributed by atoms with Crippen LogP contribution in [-0.2, 0) is 0 Å². The maximum atomic E-state index is 14.8. The third kappa shape index (κ3) is 4.82. The predicted molar refractivity (Wildman–Crippen MR) is 120 cm³/mol. The van der Waals surface area contributed by atoms with Gasteiger partial charge in [-0.1, -0.05) is 6.92 Å². The zero-order valence-corrected chi connectivity index (χ0v) is 19.3. The van der Waals surface area contributed by atoms with Crippen molar-refractivity contribution in [3.63, 3.8) is 0 Å². The minimum atomic E-state index is -4.82. The summed E-state index contributed by atoms with van der Waals surface area (Å²) in [6.07, 6.45) is -4.73. The molecule has 1 aliphatic heterocycles. The van der Waals surface area contributed by atoms with Crippen LogP contribution in [0.4, 0.5) is 37.0 Å². The van der Waals surface area contributed by atoms with Crippen LogP contribution in [0.2, 0.25) is 0 Å². The first-order chi connectivity index (χ1) is 17.3. The van der Waals surface area contributed by atoms with Crippen LogP contribution < -0.4 is 21.0 Å². The van der Waals surface area contributed by atoms with E-state index in [1.165, 1.54) is 17.9 Å². The van der Waals surface area contributed by atoms with Gasteiger partial charge < -0.3 is 10.6 Å². The number of nitrogens with zero attached hydrogens (tertiary/aromatic N) is 3. The quantitative estimate of drug-likeness (QED) is 0.494. The van der Waals surface area contributed by atoms with Crippen LogP contribution in [0.1, 0.15) is 30.6 Å². The maximum absolute atomic E-state index is 14.8. The van der Waals surface area contributed by atoms with Gasteiger partial charge in [0.05, 0.1) is 5.39 Å². The van der Waals surface area contributed by atoms with E-state index in [4.69, 9.17) is 0 Å². The first kappa shape index (κ1) is 26.0. The van der Waals surface area contributed by atoms with Crippen molar-refractivity contribution < 1.29 is 35.9 Å². The molecule has 0 unspecified atom stereocenters. The number of carbonyl (C=O) groups is 2. The number of amides is 3. The van der Waals surface area contributed by atoms with E-state index in [-0.39, 0.29) is 23.8 Å². The molecule has 0 radical (unpaired) electrons. The minimum absolute atomic E-state index is 0.00857. The standard InChI is InChI=1S/C23H19F6N5O3/c1-3-16(23(27,28)29)31-21(36)13-9-34(18-14(25)6-11(24)7-15(18)26)20-12(19(13)35)4-5-17(32-20)33-8-10(2)30-22(33)37/h4-7,9-10,16H,3,8H2,1-2H3,(H,30,37)(H,31,36)/t10-,16+/m1/s1. The average Bonchev–Trinajstić information content (AvgIpc) is 3.14. The maximum Gasteiger partial charge on any atom is 0.408 e. The summed E-state index contributed by atoms with van der Waals surface area (Å²) in [6.45, 7) is 3.06. The van der Waals surface area contributed by atoms with Gasteiger partial charge in [-0.3, -0.25) is 19.1 Å². The fourth-order valence-electron chi connectivity index (χ4n) is 3.98. The second-order valence-corrected chi connectivity index (χ2v) is 8.44. The Morgan fingerprint density at radius 3 is 2.38 bits per heavy atom. The first-order valence-electron chi connectivity index (χ1n) is 11.0. The average molecular weight is 527 g/mol. The van der Waals surface area contributed by atoms with Crippen LogP contribution in [0.3, 0.4) is 0 Å². The summed E-state index contributed by atoms with van der Waals surface area (Å²) in [5.74, 6) is -5.57. The van der Waals surface area contributed by atoms with Crippen LogP contribution in [0, 0.1) is 17.5 Å². The summed E-state index contributed by atoms with van der Waals surface area (Å²) in [5, 5.41) is 3.95. The van der Waals surface area contributed by atoms with Crippen LogP contribution >= 0.6 is 0 Å². The van der Waals surface area contributed by atoms with Crippen molar-refractivity contribution >= 4 is 28.8 Å². The van der Waals surface area contributed by atoms with Crippen molar-refractivity contribution in [2.45, 2.75) is 38.5 Å². The van der Waals surface area contributed by atoms with E-state index in [0.717, 1.165) is 6.07 Å². The molecule has 1 aromatic carbocycles. The summed E-state index contributed by atoms with van der Waals surface area (Å²) in [7, 11) is 0. The molecule has 4 rings (SSSR count). The number of fused-ring (bicyclic) bond motifs is 1. The Kier molecular flexibility index (Phi) is 6.60. The lowest BCUT2D eigenvalue weighted by Gasteiger charge is -2.21. The van der Waals surface area contributed by atoms with E-state index in [1.807, 2.05) is 0 Å². The molecular weight excluding hydrogens is 508 g/mol. The number of hydrogen-bond donors (Lipinski definition) is 2. The summed E-state index contributed by atoms with van der Waals surface area (Å²) >= 11 is 0. The minimum Gasteiger partial charge on any atom is -0.340 e. The van der Waals surface area contributed by atoms with Crippen LogP contribution in [-0.4, -0.2) is 46.3 Å². The van der Waals surface area contributed by atoms with Crippen molar-refractivity contribution in [1.82, 2.24) is 20.2 Å². The van der Waals surface area contributed by atoms with Gasteiger partial charge in [0, 0.05) is 30.9 Å². The summed E-state index contributed by atoms with van der Waals surface area (Å²) in [5.41, 5.74) is -3.28. The van der Waals surface area contributed by atoms with Gasteiger partial charge in [-0.2, -0.15) is 13.2 Å². The number of rotatable bonds is 5. The number of alkyl halides is 3. The lowest BCUT2D eigenvalue weighted by Crippen LogP contribution is -2.46. The number of hydrogen-bond acceptors (Lipinski definition) is 4. The molecule has 0 bridgehead atoms. The highest BCUT2D eigenvalue weighted by molar-refractivity contribution is 5.98. The number of carbonyl (C=O) groups excluding carboxylic acids is 2. The van der Waals surface area contributed by atoms with Crippen LogP contribution in [0.25, 0.3) is 16.7 Å². The first-order valence-corrected chi connectivity index (χ1v) is 11.0. The molecule has 2 N–H and O–H groups in total. The second kappa shape index (κ2) is 9.41. The largest absolute Gasteiger partial charge is 0.408 e. The van der Waals surface area contributed by atoms with Crippen LogP contribution in [0.15, 0.2) is 35.3 Å². The fourth-order valence-corrected chi connectivity index (χ4v) is 3.98. The zero-order chi connectivity index (χ0) is 27.2. The molecule has 1 aliphatic rings. The van der Waals surface area contributed by atoms with Crippen molar-refractivity contribution in [1.29, 1.82) is 0 Å². The molecular formula is C23H19F6N5O3. The molecule has 3 heterocycles. The highest BCUT2D eigenvalue weighted by Crippen LogP contribution is 2.27. The van der Waals surface area contributed by atoms with Crippen molar-refractivity contribution in [3.8, 4) is 5.69 Å². The van der Waals surface area contributed by atoms with Gasteiger partial charge >= 0.3 is 12.2 Å². The number of pyridine rings is 2. The van der Waals surface area contributed by atoms with Crippen molar-refractivity contribution in [2.75, 3.05) is 11.4 Å². The van der Waals surface area contributed by atoms with Gasteiger partial charge in [-0.25, -0.2) is 22.9 Å². The lowest BCUT2D eigenvalue weighted by molar-refractivity contribution is -0.153. The van der Waals surface area contributed by atoms with E-state index in [2.05, 4.69) is 10.3 Å². The number of halogens is 6. The number of anilines is 1. The molecule has 3 aromatic rings. The monoisotopic (exact) mass is 527 g/mol. The highest BCUT2D eigenvalue weighted by Gasteiger charge is 2.40. The molecule has 14 heteroatoms. The zero-order valence-electron chi connectivity index (χ0n) is 19.3. The Morgan fingerprint density at radius 1 is 1.19 bits per heavy atom. The molecule has 2 atom stereocenters. The van der Waals surface area contributed by atoms with Crippen molar-refractivity contribution in [3.05, 3.63) is 63.7 Å². The topological polar surface area (TPSA) is 96.3 Å². The van der Waals surface area contributed by atoms with E-state index in [9.17, 15) is 40.7 Å². The number of aromatic nitrogens is 2. The van der Waals surface area contributed by atoms with Gasteiger partial charge in [-0.05, 0) is 25.5 Å². The summed E-state index contributed by atoms with van der Waals surface area (Å²) in [6, 6.07) is -0.0128. The third-order valence-electron chi connectivity index (χ3n) is 5.76. The van der Waals surface area contributed by atoms with Crippen LogP contribution in [0.5, 0.6) is 0 Å². The Bertz CT molecular complexity index is 1450. The molecule has 2 aromatic heterocycles. The number of urea groups is 1. The predicted octanol–water partition coefficient (Wildman–Crippen LogP) is 3.79. The molecule has 1 saturated heterocycles. The van der Waals surface area contributed by atoms with Gasteiger partial charge in [-0.15, -0.1) is 0 Å². The van der Waals surface area contributed by atoms with E-state index in [0.29, 0.717) is 22.9 Å². The smallest absolute Gasteiger partial charge is 0.340 e. The highest BCUT2D eigenvalue weighted by atomic mass is 19.4. The lowest BCUT2D eigenvalue weighted by atomic mass is 10.1. The molecule has 196 valence electrons. The van der Waals surface area contributed by atoms with Gasteiger partial charge in [0.25, 0.3) is 5.91 Å². The second-order valence-electron chi connectivity index (χ2n) is 8.44. The third-order valence-corrected chi connectivity index (χ3v) is 5.76. The van der Waals surface area contributed by atoms with Crippen molar-refractivity contribution in [2.24, 2.45) is 0 Å². The van der Waals surface area contributed by atoms with E-state index >= 15 is 0 Å². The molecule has 1 fully saturated rings. The molecule has 0 saturated carbocycles. The number of benzene rings is 1. The Labute approximate surface area is 204 Å². The Hall–Kier alpha value is -4.10. The number of nitrogens with one attached hydrogen (secondary N) is 2. The summed E-state index contributed by atoms with van der Waals surface area (Å²) < 4.78 is 83.4. The Balaban J connectivity index is 1.96. The molecule has 0 aliphatic carbocycles. The van der Waals surface area contributed by atoms with Gasteiger partial charge in [0.1, 0.15) is 28.9 Å². The molecule has 0 spiro atoms. The fraction of sp³-hybridized carbons (Fsp3) is 0.304. The SMILES string of the molecule is CC[C@H](NC(=O)c1cn(-c2c(F)cc(F)cc2F)c2nc(N3C[C@@H](C)NC3=O)ccc2c1=O)C(F)(F)F. The molecule has 3 amide bonds. The molecule has 8 nitrogen and oxygen atoms in total. The normalized spacial score (nSPS) is 16.7. The summed E-state index contributed by atoms with van der Waals surface area (Å²) in [4.78, 5) is 43.5.